The van der Waals surface area contributed by atoms with E-state index < -0.39 is 40.8 Å². The summed E-state index contributed by atoms with van der Waals surface area (Å²) in [4.78, 5) is 10.6. The Morgan fingerprint density at radius 2 is 1.76 bits per heavy atom. The molecule has 0 aromatic carbocycles. The van der Waals surface area contributed by atoms with Crippen LogP contribution in [0.25, 0.3) is 5.57 Å². The quantitative estimate of drug-likeness (QED) is 0.687. The number of halogens is 6. The number of carboxylic acid groups (broad SMARTS) is 1. The van der Waals surface area contributed by atoms with Crippen molar-refractivity contribution >= 4 is 11.5 Å². The maximum absolute atomic E-state index is 12.9. The Hall–Kier alpha value is -2.00. The fourth-order valence-corrected chi connectivity index (χ4v) is 1.85. The number of carboxylic acids is 1. The molecule has 0 fully saturated rings. The van der Waals surface area contributed by atoms with Crippen molar-refractivity contribution in [3.05, 3.63) is 23.0 Å². The van der Waals surface area contributed by atoms with Crippen LogP contribution in [0, 0.1) is 0 Å². The van der Waals surface area contributed by atoms with Crippen molar-refractivity contribution in [1.82, 2.24) is 9.78 Å². The summed E-state index contributed by atoms with van der Waals surface area (Å²) in [6.07, 6.45) is -10.2. The molecule has 0 aliphatic heterocycles. The third-order valence-corrected chi connectivity index (χ3v) is 2.58. The van der Waals surface area contributed by atoms with Gasteiger partial charge < -0.3 is 5.11 Å². The highest BCUT2D eigenvalue weighted by atomic mass is 19.4. The number of allylic oxidation sites excluding steroid dienone is 1. The molecule has 1 aromatic rings. The first-order valence-electron chi connectivity index (χ1n) is 5.54. The van der Waals surface area contributed by atoms with Gasteiger partial charge in [-0.3, -0.25) is 4.68 Å². The topological polar surface area (TPSA) is 55.1 Å². The second kappa shape index (κ2) is 5.41. The molecule has 0 saturated heterocycles. The normalized spacial score (nSPS) is 13.6. The summed E-state index contributed by atoms with van der Waals surface area (Å²) < 4.78 is 77.4. The van der Waals surface area contributed by atoms with Gasteiger partial charge in [-0.2, -0.15) is 31.4 Å². The Balaban J connectivity index is 3.78. The van der Waals surface area contributed by atoms with Gasteiger partial charge in [0.25, 0.3) is 0 Å². The van der Waals surface area contributed by atoms with Crippen molar-refractivity contribution in [2.45, 2.75) is 25.7 Å². The van der Waals surface area contributed by atoms with E-state index in [2.05, 4.69) is 5.10 Å². The third kappa shape index (κ3) is 3.56. The maximum atomic E-state index is 12.9. The maximum Gasteiger partial charge on any atom is 0.435 e. The molecule has 118 valence electrons. The van der Waals surface area contributed by atoms with Crippen molar-refractivity contribution in [3.63, 3.8) is 0 Å². The molecule has 1 N–H and O–H groups in total. The molecular weight excluding hydrogens is 306 g/mol. The lowest BCUT2D eigenvalue weighted by Gasteiger charge is -2.13. The Morgan fingerprint density at radius 1 is 1.24 bits per heavy atom. The smallest absolute Gasteiger partial charge is 0.435 e. The number of aryl methyl sites for hydroxylation is 1. The van der Waals surface area contributed by atoms with Gasteiger partial charge in [0, 0.05) is 18.7 Å². The minimum absolute atomic E-state index is 0.0590. The first-order chi connectivity index (χ1) is 9.39. The summed E-state index contributed by atoms with van der Waals surface area (Å²) in [5, 5.41) is 11.5. The minimum atomic E-state index is -5.14. The predicted molar refractivity (Wildman–Crippen MR) is 59.1 cm³/mol. The zero-order chi connectivity index (χ0) is 16.6. The molecule has 4 nitrogen and oxygen atoms in total. The van der Waals surface area contributed by atoms with E-state index in [4.69, 9.17) is 5.11 Å². The molecule has 0 bridgehead atoms. The van der Waals surface area contributed by atoms with Crippen LogP contribution >= 0.6 is 0 Å². The van der Waals surface area contributed by atoms with Crippen LogP contribution in [0.3, 0.4) is 0 Å². The number of aliphatic carboxylic acids is 1. The summed E-state index contributed by atoms with van der Waals surface area (Å²) in [6.45, 7) is 1.25. The van der Waals surface area contributed by atoms with E-state index in [-0.39, 0.29) is 11.1 Å². The largest absolute Gasteiger partial charge is 0.478 e. The Morgan fingerprint density at radius 3 is 2.10 bits per heavy atom. The average molecular weight is 316 g/mol. The van der Waals surface area contributed by atoms with Crippen LogP contribution in [-0.4, -0.2) is 20.9 Å². The molecular formula is C11H10F6N2O2. The van der Waals surface area contributed by atoms with E-state index >= 15 is 0 Å². The number of carbonyl (C=O) groups is 1. The van der Waals surface area contributed by atoms with E-state index in [0.29, 0.717) is 6.08 Å². The fourth-order valence-electron chi connectivity index (χ4n) is 1.85. The van der Waals surface area contributed by atoms with Gasteiger partial charge in [-0.25, -0.2) is 4.79 Å². The summed E-state index contributed by atoms with van der Waals surface area (Å²) in [7, 11) is 0.718. The van der Waals surface area contributed by atoms with E-state index in [0.717, 1.165) is 7.05 Å². The Kier molecular flexibility index (Phi) is 4.40. The fraction of sp³-hybridized carbons (Fsp3) is 0.455. The predicted octanol–water partition coefficient (Wildman–Crippen LogP) is 3.34. The van der Waals surface area contributed by atoms with Gasteiger partial charge in [0.1, 0.15) is 5.69 Å². The molecule has 0 aliphatic rings. The van der Waals surface area contributed by atoms with Gasteiger partial charge in [-0.1, -0.05) is 6.92 Å². The van der Waals surface area contributed by atoms with Crippen LogP contribution in [-0.2, 0) is 24.2 Å². The molecule has 10 heteroatoms. The molecule has 0 unspecified atom stereocenters. The molecule has 0 amide bonds. The molecule has 21 heavy (non-hydrogen) atoms. The second-order valence-corrected chi connectivity index (χ2v) is 4.05. The van der Waals surface area contributed by atoms with Crippen LogP contribution in [0.4, 0.5) is 26.3 Å². The second-order valence-electron chi connectivity index (χ2n) is 4.05. The van der Waals surface area contributed by atoms with Crippen molar-refractivity contribution in [2.75, 3.05) is 0 Å². The molecule has 0 radical (unpaired) electrons. The van der Waals surface area contributed by atoms with Gasteiger partial charge in [-0.05, 0) is 12.0 Å². The Labute approximate surface area is 114 Å². The van der Waals surface area contributed by atoms with Crippen molar-refractivity contribution in [1.29, 1.82) is 0 Å². The highest BCUT2D eigenvalue weighted by molar-refractivity contribution is 5.91. The average Bonchev–Trinajstić information content (AvgIpc) is 2.62. The summed E-state index contributed by atoms with van der Waals surface area (Å²) in [5.41, 5.74) is -5.24. The first-order valence-corrected chi connectivity index (χ1v) is 5.54. The highest BCUT2D eigenvalue weighted by Crippen LogP contribution is 2.42. The van der Waals surface area contributed by atoms with Crippen molar-refractivity contribution < 1.29 is 36.2 Å². The Bertz CT molecular complexity index is 583. The SMILES string of the molecule is CC/C(=C\C(=O)O)c1c(C(F)(F)F)nn(C)c1C(F)(F)F. The van der Waals surface area contributed by atoms with Crippen LogP contribution in [0.15, 0.2) is 6.08 Å². The molecule has 0 spiro atoms. The minimum Gasteiger partial charge on any atom is -0.478 e. The number of alkyl halides is 6. The number of hydrogen-bond acceptors (Lipinski definition) is 2. The number of aromatic nitrogens is 2. The summed E-state index contributed by atoms with van der Waals surface area (Å²) >= 11 is 0. The van der Waals surface area contributed by atoms with Gasteiger partial charge in [0.15, 0.2) is 5.69 Å². The number of rotatable bonds is 3. The lowest BCUT2D eigenvalue weighted by Crippen LogP contribution is -2.15. The van der Waals surface area contributed by atoms with E-state index in [1.54, 1.807) is 0 Å². The summed E-state index contributed by atoms with van der Waals surface area (Å²) in [5.74, 6) is -1.64. The van der Waals surface area contributed by atoms with Crippen molar-refractivity contribution in [3.8, 4) is 0 Å². The molecule has 1 rings (SSSR count). The number of hydrogen-bond donors (Lipinski definition) is 1. The van der Waals surface area contributed by atoms with Crippen LogP contribution in [0.5, 0.6) is 0 Å². The monoisotopic (exact) mass is 316 g/mol. The van der Waals surface area contributed by atoms with Crippen LogP contribution in [0.1, 0.15) is 30.3 Å². The third-order valence-electron chi connectivity index (χ3n) is 2.58. The molecule has 0 aliphatic carbocycles. The lowest BCUT2D eigenvalue weighted by molar-refractivity contribution is -0.144. The lowest BCUT2D eigenvalue weighted by atomic mass is 9.99. The standard InChI is InChI=1S/C11H10F6N2O2/c1-3-5(4-6(20)21)7-8(10(12,13)14)18-19(2)9(7)11(15,16)17/h4H,3H2,1-2H3,(H,20,21)/b5-4+. The van der Waals surface area contributed by atoms with E-state index in [9.17, 15) is 31.1 Å². The molecule has 0 saturated carbocycles. The van der Waals surface area contributed by atoms with Gasteiger partial charge in [0.05, 0.1) is 0 Å². The van der Waals surface area contributed by atoms with Gasteiger partial charge >= 0.3 is 18.3 Å². The van der Waals surface area contributed by atoms with Gasteiger partial charge in [-0.15, -0.1) is 0 Å². The summed E-state index contributed by atoms with van der Waals surface area (Å²) in [6, 6.07) is 0. The molecule has 0 atom stereocenters. The van der Waals surface area contributed by atoms with E-state index in [1.807, 2.05) is 0 Å². The first kappa shape index (κ1) is 17.1. The van der Waals surface area contributed by atoms with Crippen LogP contribution < -0.4 is 0 Å². The van der Waals surface area contributed by atoms with Crippen LogP contribution in [0.2, 0.25) is 0 Å². The van der Waals surface area contributed by atoms with E-state index in [1.165, 1.54) is 6.92 Å². The molecule has 1 aromatic heterocycles. The van der Waals surface area contributed by atoms with Gasteiger partial charge in [0.2, 0.25) is 0 Å². The zero-order valence-electron chi connectivity index (χ0n) is 10.8. The highest BCUT2D eigenvalue weighted by Gasteiger charge is 2.46. The van der Waals surface area contributed by atoms with Crippen molar-refractivity contribution in [2.24, 2.45) is 7.05 Å². The number of nitrogens with zero attached hydrogens (tertiary/aromatic N) is 2. The molecule has 1 heterocycles. The zero-order valence-corrected chi connectivity index (χ0v) is 10.8.